The summed E-state index contributed by atoms with van der Waals surface area (Å²) >= 11 is 0. The fourth-order valence-electron chi connectivity index (χ4n) is 4.81. The Morgan fingerprint density at radius 3 is 1.23 bits per heavy atom. The number of pyridine rings is 2. The molecule has 1 aliphatic heterocycles. The Kier molecular flexibility index (Phi) is 7.69. The van der Waals surface area contributed by atoms with Gasteiger partial charge < -0.3 is 10.6 Å². The first-order valence-electron chi connectivity index (χ1n) is 13.5. The number of nitrogens with one attached hydrogen (secondary N) is 2. The third-order valence-corrected chi connectivity index (χ3v) is 6.60. The van der Waals surface area contributed by atoms with Gasteiger partial charge in [0, 0.05) is 22.3 Å². The van der Waals surface area contributed by atoms with Gasteiger partial charge in [0.1, 0.15) is 12.4 Å². The van der Waals surface area contributed by atoms with Gasteiger partial charge in [0.2, 0.25) is 11.4 Å². The lowest BCUT2D eigenvalue weighted by atomic mass is 10.2. The molecule has 6 nitrogen and oxygen atoms in total. The molecule has 0 bridgehead atoms. The maximum atomic E-state index is 4.95. The number of fused-ring (bicyclic) bond motifs is 2. The molecule has 0 saturated heterocycles. The van der Waals surface area contributed by atoms with Crippen molar-refractivity contribution in [2.45, 2.75) is 41.5 Å². The molecular formula is C34H36N6+2. The van der Waals surface area contributed by atoms with Crippen LogP contribution in [0.25, 0.3) is 11.4 Å². The minimum absolute atomic E-state index is 0.841. The number of rotatable bonds is 2. The summed E-state index contributed by atoms with van der Waals surface area (Å²) in [5, 5.41) is 7.04. The highest BCUT2D eigenvalue weighted by Crippen LogP contribution is 2.28. The standard InChI is InChI=1S/C34H36N6/c1-23-7-9-31-33(13-23)37-17-29(39-19-25(3)11-26(4)20-39)16-36-32-10-8-24(2)14-34(32)38-18-30(15-35-31)40-21-27(5)12-28(6)22-40/h7-22,37-38H,1-6H3/q+2/b29-17+,30-18+,35-15?,36-16?. The van der Waals surface area contributed by atoms with Crippen molar-refractivity contribution in [1.82, 2.24) is 0 Å². The molecule has 0 unspecified atom stereocenters. The lowest BCUT2D eigenvalue weighted by molar-refractivity contribution is -0.576. The number of aryl methyl sites for hydroxylation is 6. The number of nitrogens with zero attached hydrogens (tertiary/aromatic N) is 4. The van der Waals surface area contributed by atoms with Crippen molar-refractivity contribution in [3.05, 3.63) is 119 Å². The fourth-order valence-corrected chi connectivity index (χ4v) is 4.81. The normalized spacial score (nSPS) is 15.8. The van der Waals surface area contributed by atoms with Gasteiger partial charge in [0.25, 0.3) is 0 Å². The number of benzene rings is 2. The number of hydrogen-bond acceptors (Lipinski definition) is 4. The van der Waals surface area contributed by atoms with Crippen LogP contribution in [0.2, 0.25) is 0 Å². The molecule has 0 aliphatic carbocycles. The van der Waals surface area contributed by atoms with Crippen LogP contribution >= 0.6 is 0 Å². The predicted octanol–water partition coefficient (Wildman–Crippen LogP) is 7.05. The largest absolute Gasteiger partial charge is 0.354 e. The van der Waals surface area contributed by atoms with Crippen LogP contribution in [0, 0.1) is 41.5 Å². The van der Waals surface area contributed by atoms with E-state index in [0.717, 1.165) is 45.3 Å². The quantitative estimate of drug-likeness (QED) is 0.274. The van der Waals surface area contributed by atoms with Gasteiger partial charge in [-0.25, -0.2) is 9.98 Å². The SMILES string of the molecule is Cc1ccc2c(c1)N/C=C(/[n+]1cc(C)cc(C)c1)C=Nc1ccc(C)cc1N/C=C(/[n+]1cc(C)cc(C)c1)C=N2. The van der Waals surface area contributed by atoms with Gasteiger partial charge in [-0.3, -0.25) is 0 Å². The molecule has 2 aromatic carbocycles. The Hall–Kier alpha value is -4.84. The van der Waals surface area contributed by atoms with E-state index in [-0.39, 0.29) is 0 Å². The van der Waals surface area contributed by atoms with Gasteiger partial charge in [-0.05, 0) is 89.1 Å². The molecule has 5 rings (SSSR count). The van der Waals surface area contributed by atoms with Crippen LogP contribution in [0.1, 0.15) is 33.4 Å². The van der Waals surface area contributed by atoms with Gasteiger partial charge in [-0.15, -0.1) is 0 Å². The maximum Gasteiger partial charge on any atom is 0.245 e. The van der Waals surface area contributed by atoms with Crippen LogP contribution in [0.5, 0.6) is 0 Å². The van der Waals surface area contributed by atoms with Gasteiger partial charge in [0.15, 0.2) is 24.8 Å². The summed E-state index contributed by atoms with van der Waals surface area (Å²) in [4.78, 5) is 9.89. The second kappa shape index (κ2) is 11.5. The second-order valence-corrected chi connectivity index (χ2v) is 10.6. The zero-order valence-corrected chi connectivity index (χ0v) is 24.0. The minimum Gasteiger partial charge on any atom is -0.354 e. The molecule has 200 valence electrons. The van der Waals surface area contributed by atoms with Crippen LogP contribution in [0.4, 0.5) is 22.7 Å². The average molecular weight is 529 g/mol. The summed E-state index contributed by atoms with van der Waals surface area (Å²) in [5.74, 6) is 0. The lowest BCUT2D eigenvalue weighted by Crippen LogP contribution is -2.34. The van der Waals surface area contributed by atoms with Crippen molar-refractivity contribution >= 4 is 46.6 Å². The third kappa shape index (κ3) is 6.41. The van der Waals surface area contributed by atoms with Crippen LogP contribution < -0.4 is 19.8 Å². The molecule has 4 aromatic rings. The fraction of sp³-hybridized carbons (Fsp3) is 0.176. The summed E-state index contributed by atoms with van der Waals surface area (Å²) in [5.41, 5.74) is 12.3. The molecule has 40 heavy (non-hydrogen) atoms. The van der Waals surface area contributed by atoms with Crippen LogP contribution in [0.3, 0.4) is 0 Å². The molecule has 1 aliphatic rings. The highest BCUT2D eigenvalue weighted by molar-refractivity contribution is 6.02. The van der Waals surface area contributed by atoms with Gasteiger partial charge in [0.05, 0.1) is 35.1 Å². The van der Waals surface area contributed by atoms with Crippen LogP contribution in [0.15, 0.2) is 95.7 Å². The topological polar surface area (TPSA) is 56.5 Å². The summed E-state index contributed by atoms with van der Waals surface area (Å²) in [6.45, 7) is 12.6. The number of aromatic nitrogens is 2. The summed E-state index contributed by atoms with van der Waals surface area (Å²) in [7, 11) is 0. The average Bonchev–Trinajstić information content (AvgIpc) is 2.89. The van der Waals surface area contributed by atoms with Crippen LogP contribution in [-0.2, 0) is 0 Å². The summed E-state index contributed by atoms with van der Waals surface area (Å²) < 4.78 is 4.20. The molecule has 0 amide bonds. The smallest absolute Gasteiger partial charge is 0.245 e. The van der Waals surface area contributed by atoms with E-state index in [9.17, 15) is 0 Å². The van der Waals surface area contributed by atoms with Crippen molar-refractivity contribution in [3.8, 4) is 0 Å². The van der Waals surface area contributed by atoms with E-state index in [1.54, 1.807) is 0 Å². The number of anilines is 2. The highest BCUT2D eigenvalue weighted by Gasteiger charge is 2.14. The second-order valence-electron chi connectivity index (χ2n) is 10.6. The van der Waals surface area contributed by atoms with Crippen LogP contribution in [-0.4, -0.2) is 12.4 Å². The van der Waals surface area contributed by atoms with Crippen molar-refractivity contribution in [2.75, 3.05) is 10.6 Å². The maximum absolute atomic E-state index is 4.95. The molecule has 3 heterocycles. The number of hydrogen-bond donors (Lipinski definition) is 2. The molecule has 0 fully saturated rings. The van der Waals surface area contributed by atoms with E-state index in [4.69, 9.17) is 9.98 Å². The molecule has 0 radical (unpaired) electrons. The molecule has 6 heteroatoms. The van der Waals surface area contributed by atoms with E-state index in [2.05, 4.69) is 122 Å². The molecule has 2 aromatic heterocycles. The lowest BCUT2D eigenvalue weighted by Gasteiger charge is -2.10. The van der Waals surface area contributed by atoms with Gasteiger partial charge in [-0.1, -0.05) is 12.1 Å². The first-order chi connectivity index (χ1) is 19.2. The number of aliphatic imine (C=N–C) groups is 2. The molecule has 2 N–H and O–H groups in total. The predicted molar refractivity (Wildman–Crippen MR) is 167 cm³/mol. The van der Waals surface area contributed by atoms with Crippen molar-refractivity contribution in [1.29, 1.82) is 0 Å². The van der Waals surface area contributed by atoms with E-state index in [1.165, 1.54) is 22.3 Å². The molecule has 0 atom stereocenters. The third-order valence-electron chi connectivity index (χ3n) is 6.60. The summed E-state index contributed by atoms with van der Waals surface area (Å²) in [6, 6.07) is 16.8. The van der Waals surface area contributed by atoms with Crippen molar-refractivity contribution in [3.63, 3.8) is 0 Å². The first-order valence-corrected chi connectivity index (χ1v) is 13.5. The number of allylic oxidation sites excluding steroid dienone is 2. The zero-order chi connectivity index (χ0) is 28.2. The van der Waals surface area contributed by atoms with E-state index < -0.39 is 0 Å². The van der Waals surface area contributed by atoms with E-state index in [0.29, 0.717) is 0 Å². The zero-order valence-electron chi connectivity index (χ0n) is 24.0. The van der Waals surface area contributed by atoms with E-state index in [1.807, 2.05) is 37.0 Å². The summed E-state index contributed by atoms with van der Waals surface area (Å²) in [6.07, 6.45) is 16.2. The minimum atomic E-state index is 0.841. The van der Waals surface area contributed by atoms with Crippen molar-refractivity contribution in [2.24, 2.45) is 9.98 Å². The molecule has 0 saturated carbocycles. The Morgan fingerprint density at radius 1 is 0.475 bits per heavy atom. The Morgan fingerprint density at radius 2 is 0.850 bits per heavy atom. The van der Waals surface area contributed by atoms with E-state index >= 15 is 0 Å². The Balaban J connectivity index is 1.69. The Bertz CT molecular complexity index is 1540. The molecular weight excluding hydrogens is 492 g/mol. The van der Waals surface area contributed by atoms with Gasteiger partial charge >= 0.3 is 0 Å². The van der Waals surface area contributed by atoms with Crippen molar-refractivity contribution < 1.29 is 9.13 Å². The highest BCUT2D eigenvalue weighted by atomic mass is 15.0. The van der Waals surface area contributed by atoms with Gasteiger partial charge in [-0.2, -0.15) is 9.13 Å². The Labute approximate surface area is 236 Å². The monoisotopic (exact) mass is 528 g/mol. The molecule has 0 spiro atoms. The first kappa shape index (κ1) is 26.8.